The van der Waals surface area contributed by atoms with Gasteiger partial charge in [0.15, 0.2) is 0 Å². The molecule has 2 aromatic rings. The second-order valence-corrected chi connectivity index (χ2v) is 6.55. The van der Waals surface area contributed by atoms with E-state index in [4.69, 9.17) is 0 Å². The van der Waals surface area contributed by atoms with Gasteiger partial charge in [-0.25, -0.2) is 0 Å². The topological polar surface area (TPSA) is 45.2 Å². The van der Waals surface area contributed by atoms with Gasteiger partial charge in [0.25, 0.3) is 0 Å². The molecule has 3 rings (SSSR count). The van der Waals surface area contributed by atoms with E-state index in [1.54, 1.807) is 12.4 Å². The van der Waals surface area contributed by atoms with E-state index in [0.717, 1.165) is 31.0 Å². The number of nitrogens with one attached hydrogen (secondary N) is 1. The molecule has 1 aromatic carbocycles. The van der Waals surface area contributed by atoms with E-state index < -0.39 is 0 Å². The highest BCUT2D eigenvalue weighted by Crippen LogP contribution is 2.21. The number of carbonyl (C=O) groups excluding carboxylic acids is 1. The third kappa shape index (κ3) is 5.17. The number of hydrogen-bond acceptors (Lipinski definition) is 3. The van der Waals surface area contributed by atoms with Crippen LogP contribution in [0.3, 0.4) is 0 Å². The van der Waals surface area contributed by atoms with Crippen LogP contribution in [-0.4, -0.2) is 35.4 Å². The summed E-state index contributed by atoms with van der Waals surface area (Å²) in [7, 11) is 0. The van der Waals surface area contributed by atoms with Crippen molar-refractivity contribution >= 4 is 5.91 Å². The minimum absolute atomic E-state index is 0.0976. The number of carbonyl (C=O) groups is 1. The minimum Gasteiger partial charge on any atom is -0.351 e. The Balaban J connectivity index is 1.36. The summed E-state index contributed by atoms with van der Waals surface area (Å²) in [5.74, 6) is 0.836. The van der Waals surface area contributed by atoms with Crippen LogP contribution in [0.25, 0.3) is 0 Å². The van der Waals surface area contributed by atoms with Crippen LogP contribution in [0.1, 0.15) is 24.0 Å². The molecule has 0 aliphatic carbocycles. The van der Waals surface area contributed by atoms with E-state index in [1.165, 1.54) is 18.4 Å². The van der Waals surface area contributed by atoms with Gasteiger partial charge in [-0.1, -0.05) is 36.4 Å². The molecule has 1 saturated heterocycles. The van der Waals surface area contributed by atoms with Crippen molar-refractivity contribution in [1.82, 2.24) is 15.2 Å². The Hall–Kier alpha value is -2.20. The summed E-state index contributed by atoms with van der Waals surface area (Å²) in [6.45, 7) is 3.07. The monoisotopic (exact) mass is 323 g/mol. The molecule has 126 valence electrons. The van der Waals surface area contributed by atoms with Crippen LogP contribution in [-0.2, 0) is 17.8 Å². The maximum absolute atomic E-state index is 12.1. The molecule has 2 heterocycles. The van der Waals surface area contributed by atoms with Gasteiger partial charge in [0.05, 0.1) is 6.54 Å². The van der Waals surface area contributed by atoms with Gasteiger partial charge >= 0.3 is 0 Å². The molecule has 4 heteroatoms. The Labute approximate surface area is 143 Å². The van der Waals surface area contributed by atoms with Gasteiger partial charge in [-0.15, -0.1) is 0 Å². The second kappa shape index (κ2) is 8.60. The van der Waals surface area contributed by atoms with Crippen molar-refractivity contribution < 1.29 is 4.79 Å². The highest BCUT2D eigenvalue weighted by Gasteiger charge is 2.20. The fraction of sp³-hybridized carbons (Fsp3) is 0.400. The quantitative estimate of drug-likeness (QED) is 0.889. The molecule has 0 unspecified atom stereocenters. The first-order valence-corrected chi connectivity index (χ1v) is 8.71. The molecule has 1 aliphatic heterocycles. The molecule has 1 amide bonds. The lowest BCUT2D eigenvalue weighted by Gasteiger charge is -2.31. The molecular formula is C20H25N3O. The highest BCUT2D eigenvalue weighted by atomic mass is 16.2. The summed E-state index contributed by atoms with van der Waals surface area (Å²) >= 11 is 0. The number of amides is 1. The van der Waals surface area contributed by atoms with Crippen LogP contribution in [0.5, 0.6) is 0 Å². The van der Waals surface area contributed by atoms with Crippen LogP contribution in [0, 0.1) is 5.92 Å². The molecule has 1 aromatic heterocycles. The number of aromatic nitrogens is 1. The molecular weight excluding hydrogens is 298 g/mol. The summed E-state index contributed by atoms with van der Waals surface area (Å²) in [5, 5.41) is 2.98. The van der Waals surface area contributed by atoms with E-state index in [2.05, 4.69) is 45.5 Å². The Morgan fingerprint density at radius 1 is 1.08 bits per heavy atom. The number of benzene rings is 1. The first-order valence-electron chi connectivity index (χ1n) is 8.71. The fourth-order valence-corrected chi connectivity index (χ4v) is 3.26. The SMILES string of the molecule is O=C(CN1CCC(Cc2ccccc2)CC1)NCc1cccnc1. The molecule has 0 spiro atoms. The zero-order valence-electron chi connectivity index (χ0n) is 14.0. The van der Waals surface area contributed by atoms with E-state index >= 15 is 0 Å². The average molecular weight is 323 g/mol. The zero-order chi connectivity index (χ0) is 16.6. The van der Waals surface area contributed by atoms with Crippen LogP contribution < -0.4 is 5.32 Å². The van der Waals surface area contributed by atoms with Gasteiger partial charge in [-0.05, 0) is 55.5 Å². The smallest absolute Gasteiger partial charge is 0.234 e. The molecule has 1 N–H and O–H groups in total. The van der Waals surface area contributed by atoms with Gasteiger partial charge in [-0.2, -0.15) is 0 Å². The van der Waals surface area contributed by atoms with E-state index in [9.17, 15) is 4.79 Å². The summed E-state index contributed by atoms with van der Waals surface area (Å²) in [5.41, 5.74) is 2.46. The Kier molecular flexibility index (Phi) is 5.96. The van der Waals surface area contributed by atoms with Crippen molar-refractivity contribution in [3.8, 4) is 0 Å². The number of nitrogens with zero attached hydrogens (tertiary/aromatic N) is 2. The average Bonchev–Trinajstić information content (AvgIpc) is 2.63. The Morgan fingerprint density at radius 3 is 2.54 bits per heavy atom. The van der Waals surface area contributed by atoms with Crippen LogP contribution in [0.4, 0.5) is 0 Å². The largest absolute Gasteiger partial charge is 0.351 e. The Morgan fingerprint density at radius 2 is 1.83 bits per heavy atom. The minimum atomic E-state index is 0.0976. The third-order valence-corrected chi connectivity index (χ3v) is 4.65. The standard InChI is InChI=1S/C20H25N3O/c24-20(22-15-19-7-4-10-21-14-19)16-23-11-8-18(9-12-23)13-17-5-2-1-3-6-17/h1-7,10,14,18H,8-9,11-13,15-16H2,(H,22,24). The number of pyridine rings is 1. The summed E-state index contributed by atoms with van der Waals surface area (Å²) in [4.78, 5) is 18.4. The maximum atomic E-state index is 12.1. The predicted molar refractivity (Wildman–Crippen MR) is 95.4 cm³/mol. The molecule has 1 fully saturated rings. The third-order valence-electron chi connectivity index (χ3n) is 4.65. The lowest BCUT2D eigenvalue weighted by molar-refractivity contribution is -0.122. The Bertz CT molecular complexity index is 622. The van der Waals surface area contributed by atoms with Crippen molar-refractivity contribution in [2.75, 3.05) is 19.6 Å². The lowest BCUT2D eigenvalue weighted by atomic mass is 9.90. The highest BCUT2D eigenvalue weighted by molar-refractivity contribution is 5.78. The summed E-state index contributed by atoms with van der Waals surface area (Å²) in [6, 6.07) is 14.6. The number of rotatable bonds is 6. The van der Waals surface area contributed by atoms with Gasteiger partial charge in [-0.3, -0.25) is 14.7 Å². The van der Waals surface area contributed by atoms with Crippen molar-refractivity contribution in [1.29, 1.82) is 0 Å². The van der Waals surface area contributed by atoms with Crippen LogP contribution in [0.15, 0.2) is 54.9 Å². The molecule has 1 aliphatic rings. The van der Waals surface area contributed by atoms with Crippen molar-refractivity contribution in [3.05, 3.63) is 66.0 Å². The van der Waals surface area contributed by atoms with E-state index in [-0.39, 0.29) is 5.91 Å². The summed E-state index contributed by atoms with van der Waals surface area (Å²) < 4.78 is 0. The number of piperidine rings is 1. The second-order valence-electron chi connectivity index (χ2n) is 6.55. The summed E-state index contributed by atoms with van der Waals surface area (Å²) in [6.07, 6.45) is 7.03. The van der Waals surface area contributed by atoms with E-state index in [1.807, 2.05) is 12.1 Å². The molecule has 0 atom stereocenters. The number of hydrogen-bond donors (Lipinski definition) is 1. The predicted octanol–water partition coefficient (Wildman–Crippen LogP) is 2.65. The van der Waals surface area contributed by atoms with Crippen molar-refractivity contribution in [2.24, 2.45) is 5.92 Å². The number of likely N-dealkylation sites (tertiary alicyclic amines) is 1. The molecule has 0 radical (unpaired) electrons. The molecule has 0 saturated carbocycles. The van der Waals surface area contributed by atoms with Crippen LogP contribution >= 0.6 is 0 Å². The van der Waals surface area contributed by atoms with Gasteiger partial charge < -0.3 is 5.32 Å². The molecule has 0 bridgehead atoms. The zero-order valence-corrected chi connectivity index (χ0v) is 14.0. The molecule has 4 nitrogen and oxygen atoms in total. The molecule has 24 heavy (non-hydrogen) atoms. The van der Waals surface area contributed by atoms with Crippen molar-refractivity contribution in [3.63, 3.8) is 0 Å². The van der Waals surface area contributed by atoms with Crippen LogP contribution in [0.2, 0.25) is 0 Å². The van der Waals surface area contributed by atoms with Gasteiger partial charge in [0.2, 0.25) is 5.91 Å². The first kappa shape index (κ1) is 16.7. The first-order chi connectivity index (χ1) is 11.8. The fourth-order valence-electron chi connectivity index (χ4n) is 3.26. The van der Waals surface area contributed by atoms with E-state index in [0.29, 0.717) is 13.1 Å². The van der Waals surface area contributed by atoms with Gasteiger partial charge in [0.1, 0.15) is 0 Å². The lowest BCUT2D eigenvalue weighted by Crippen LogP contribution is -2.41. The van der Waals surface area contributed by atoms with Crippen molar-refractivity contribution in [2.45, 2.75) is 25.8 Å². The maximum Gasteiger partial charge on any atom is 0.234 e. The van der Waals surface area contributed by atoms with Gasteiger partial charge in [0, 0.05) is 18.9 Å². The normalized spacial score (nSPS) is 16.0.